The fourth-order valence-electron chi connectivity index (χ4n) is 2.51. The molecule has 0 saturated carbocycles. The van der Waals surface area contributed by atoms with Gasteiger partial charge in [-0.1, -0.05) is 29.5 Å². The van der Waals surface area contributed by atoms with Gasteiger partial charge in [-0.2, -0.15) is 9.94 Å². The Kier molecular flexibility index (Phi) is 6.24. The van der Waals surface area contributed by atoms with E-state index >= 15 is 0 Å². The Morgan fingerprint density at radius 1 is 1.21 bits per heavy atom. The largest absolute Gasteiger partial charge is 0.508 e. The fraction of sp³-hybridized carbons (Fsp3) is 0.211. The van der Waals surface area contributed by atoms with E-state index in [1.54, 1.807) is 17.0 Å². The highest BCUT2D eigenvalue weighted by Crippen LogP contribution is 2.22. The maximum atomic E-state index is 12.8. The number of aromatic hydroxyl groups is 1. The molecule has 0 spiro atoms. The molecule has 0 aliphatic carbocycles. The van der Waals surface area contributed by atoms with Crippen molar-refractivity contribution in [3.63, 3.8) is 0 Å². The van der Waals surface area contributed by atoms with Crippen LogP contribution in [0.25, 0.3) is 5.69 Å². The highest BCUT2D eigenvalue weighted by Gasteiger charge is 2.18. The van der Waals surface area contributed by atoms with Crippen molar-refractivity contribution in [2.45, 2.75) is 18.5 Å². The van der Waals surface area contributed by atoms with Crippen LogP contribution >= 0.6 is 11.8 Å². The van der Waals surface area contributed by atoms with Gasteiger partial charge in [0, 0.05) is 12.2 Å². The maximum absolute atomic E-state index is 12.8. The first-order chi connectivity index (χ1) is 13.6. The minimum atomic E-state index is -0.135. The molecule has 0 bridgehead atoms. The number of anilines is 1. The lowest BCUT2D eigenvalue weighted by atomic mass is 10.2. The van der Waals surface area contributed by atoms with E-state index in [0.717, 1.165) is 11.3 Å². The highest BCUT2D eigenvalue weighted by atomic mass is 32.2. The van der Waals surface area contributed by atoms with Crippen LogP contribution in [0.2, 0.25) is 0 Å². The first-order valence-electron chi connectivity index (χ1n) is 8.53. The number of rotatable bonds is 7. The molecule has 0 saturated heterocycles. The van der Waals surface area contributed by atoms with Gasteiger partial charge in [0.05, 0.1) is 23.9 Å². The lowest BCUT2D eigenvalue weighted by molar-refractivity contribution is -0.116. The number of aryl methyl sites for hydroxylation is 1. The van der Waals surface area contributed by atoms with Crippen molar-refractivity contribution in [2.24, 2.45) is 0 Å². The number of carbonyl (C=O) groups excluding carboxylic acids is 1. The summed E-state index contributed by atoms with van der Waals surface area (Å²) in [4.78, 5) is 14.4. The fourth-order valence-corrected chi connectivity index (χ4v) is 3.28. The summed E-state index contributed by atoms with van der Waals surface area (Å²) >= 11 is 1.21. The molecule has 0 fully saturated rings. The van der Waals surface area contributed by atoms with Crippen molar-refractivity contribution in [1.29, 1.82) is 5.26 Å². The maximum Gasteiger partial charge on any atom is 0.237 e. The average molecular weight is 394 g/mol. The molecule has 3 rings (SSSR count). The number of hydrogen-bond acceptors (Lipinski definition) is 7. The number of thioether (sulfide) groups is 1. The number of hydrogen-bond donors (Lipinski definition) is 1. The summed E-state index contributed by atoms with van der Waals surface area (Å²) in [5.41, 5.74) is 2.53. The van der Waals surface area contributed by atoms with Gasteiger partial charge in [0.15, 0.2) is 0 Å². The second-order valence-electron chi connectivity index (χ2n) is 5.97. The SMILES string of the molecule is Cc1ccc(N(CCC#N)C(=O)CSc2nnnn2-c2ccc(O)cc2)cc1. The van der Waals surface area contributed by atoms with Crippen LogP contribution in [-0.2, 0) is 4.79 Å². The Morgan fingerprint density at radius 3 is 2.61 bits per heavy atom. The summed E-state index contributed by atoms with van der Waals surface area (Å²) < 4.78 is 1.50. The molecule has 8 nitrogen and oxygen atoms in total. The second kappa shape index (κ2) is 9.01. The molecule has 0 unspecified atom stereocenters. The van der Waals surface area contributed by atoms with Crippen LogP contribution in [0.4, 0.5) is 5.69 Å². The molecule has 0 radical (unpaired) electrons. The number of benzene rings is 2. The first kappa shape index (κ1) is 19.4. The summed E-state index contributed by atoms with van der Waals surface area (Å²) in [6.07, 6.45) is 0.246. The van der Waals surface area contributed by atoms with Crippen LogP contribution in [0.1, 0.15) is 12.0 Å². The van der Waals surface area contributed by atoms with Crippen LogP contribution in [-0.4, -0.2) is 43.5 Å². The number of nitriles is 1. The zero-order chi connectivity index (χ0) is 19.9. The molecule has 0 aliphatic heterocycles. The highest BCUT2D eigenvalue weighted by molar-refractivity contribution is 7.99. The van der Waals surface area contributed by atoms with Crippen molar-refractivity contribution >= 4 is 23.4 Å². The number of carbonyl (C=O) groups is 1. The van der Waals surface area contributed by atoms with E-state index in [4.69, 9.17) is 5.26 Å². The molecule has 9 heteroatoms. The first-order valence-corrected chi connectivity index (χ1v) is 9.51. The van der Waals surface area contributed by atoms with Crippen molar-refractivity contribution in [2.75, 3.05) is 17.2 Å². The second-order valence-corrected chi connectivity index (χ2v) is 6.91. The minimum absolute atomic E-state index is 0.123. The van der Waals surface area contributed by atoms with E-state index in [2.05, 4.69) is 21.6 Å². The number of tetrazole rings is 1. The van der Waals surface area contributed by atoms with Gasteiger partial charge in [0.25, 0.3) is 0 Å². The topological polar surface area (TPSA) is 108 Å². The van der Waals surface area contributed by atoms with Crippen molar-refractivity contribution in [3.8, 4) is 17.5 Å². The van der Waals surface area contributed by atoms with Gasteiger partial charge in [-0.25, -0.2) is 0 Å². The minimum Gasteiger partial charge on any atom is -0.508 e. The predicted octanol–water partition coefficient (Wildman–Crippen LogP) is 2.72. The van der Waals surface area contributed by atoms with Crippen LogP contribution < -0.4 is 4.90 Å². The Bertz CT molecular complexity index is 979. The Labute approximate surface area is 166 Å². The monoisotopic (exact) mass is 394 g/mol. The van der Waals surface area contributed by atoms with Gasteiger partial charge in [-0.3, -0.25) is 4.79 Å². The zero-order valence-electron chi connectivity index (χ0n) is 15.2. The lowest BCUT2D eigenvalue weighted by Crippen LogP contribution is -2.33. The van der Waals surface area contributed by atoms with E-state index in [9.17, 15) is 9.90 Å². The Hall–Kier alpha value is -3.38. The number of aromatic nitrogens is 4. The van der Waals surface area contributed by atoms with Gasteiger partial charge in [-0.15, -0.1) is 5.10 Å². The van der Waals surface area contributed by atoms with E-state index in [1.165, 1.54) is 28.6 Å². The van der Waals surface area contributed by atoms with Gasteiger partial charge >= 0.3 is 0 Å². The summed E-state index contributed by atoms with van der Waals surface area (Å²) in [6, 6.07) is 16.1. The van der Waals surface area contributed by atoms with Crippen LogP contribution in [0.3, 0.4) is 0 Å². The molecular weight excluding hydrogens is 376 g/mol. The number of phenols is 1. The predicted molar refractivity (Wildman–Crippen MR) is 105 cm³/mol. The van der Waals surface area contributed by atoms with Gasteiger partial charge in [0.1, 0.15) is 5.75 Å². The van der Waals surface area contributed by atoms with E-state index in [1.807, 2.05) is 31.2 Å². The molecule has 1 amide bonds. The molecule has 1 N–H and O–H groups in total. The van der Waals surface area contributed by atoms with Crippen molar-refractivity contribution in [1.82, 2.24) is 20.2 Å². The molecule has 1 aromatic heterocycles. The third-order valence-electron chi connectivity index (χ3n) is 3.95. The number of amides is 1. The molecule has 142 valence electrons. The summed E-state index contributed by atoms with van der Waals surface area (Å²) in [5, 5.41) is 30.4. The molecule has 1 heterocycles. The summed E-state index contributed by atoms with van der Waals surface area (Å²) in [5.74, 6) is 0.134. The Balaban J connectivity index is 1.73. The quantitative estimate of drug-likeness (QED) is 0.614. The number of phenolic OH excluding ortho intramolecular Hbond substituents is 1. The van der Waals surface area contributed by atoms with Crippen LogP contribution in [0.5, 0.6) is 5.75 Å². The average Bonchev–Trinajstić information content (AvgIpc) is 3.17. The van der Waals surface area contributed by atoms with Crippen LogP contribution in [0.15, 0.2) is 53.7 Å². The van der Waals surface area contributed by atoms with Gasteiger partial charge < -0.3 is 10.0 Å². The third-order valence-corrected chi connectivity index (χ3v) is 4.86. The van der Waals surface area contributed by atoms with Gasteiger partial charge in [-0.05, 0) is 53.7 Å². The van der Waals surface area contributed by atoms with Gasteiger partial charge in [0.2, 0.25) is 11.1 Å². The van der Waals surface area contributed by atoms with Crippen molar-refractivity contribution in [3.05, 3.63) is 54.1 Å². The molecule has 28 heavy (non-hydrogen) atoms. The summed E-state index contributed by atoms with van der Waals surface area (Å²) in [6.45, 7) is 2.30. The zero-order valence-corrected chi connectivity index (χ0v) is 16.0. The smallest absolute Gasteiger partial charge is 0.237 e. The van der Waals surface area contributed by atoms with E-state index < -0.39 is 0 Å². The Morgan fingerprint density at radius 2 is 1.93 bits per heavy atom. The number of nitrogens with zero attached hydrogens (tertiary/aromatic N) is 6. The molecule has 3 aromatic rings. The molecular formula is C19H18N6O2S. The summed E-state index contributed by atoms with van der Waals surface area (Å²) in [7, 11) is 0. The molecule has 0 atom stereocenters. The van der Waals surface area contributed by atoms with E-state index in [-0.39, 0.29) is 23.8 Å². The van der Waals surface area contributed by atoms with E-state index in [0.29, 0.717) is 17.4 Å². The molecule has 2 aromatic carbocycles. The van der Waals surface area contributed by atoms with Crippen molar-refractivity contribution < 1.29 is 9.90 Å². The normalized spacial score (nSPS) is 10.4. The third kappa shape index (κ3) is 4.66. The standard InChI is InChI=1S/C19H18N6O2S/c1-14-3-5-15(6-4-14)24(12-2-11-20)18(27)13-28-19-21-22-23-25(19)16-7-9-17(26)10-8-16/h3-10,26H,2,12-13H2,1H3. The lowest BCUT2D eigenvalue weighted by Gasteiger charge is -2.21. The van der Waals surface area contributed by atoms with Crippen LogP contribution in [0, 0.1) is 18.3 Å². The molecule has 0 aliphatic rings.